The van der Waals surface area contributed by atoms with Gasteiger partial charge in [0.1, 0.15) is 11.6 Å². The normalized spacial score (nSPS) is 17.1. The van der Waals surface area contributed by atoms with Gasteiger partial charge in [-0.3, -0.25) is 4.90 Å². The predicted octanol–water partition coefficient (Wildman–Crippen LogP) is 3.13. The molecule has 7 heteroatoms. The highest BCUT2D eigenvalue weighted by Crippen LogP contribution is 2.38. The molecule has 0 saturated heterocycles. The van der Waals surface area contributed by atoms with Gasteiger partial charge < -0.3 is 14.6 Å². The van der Waals surface area contributed by atoms with Crippen molar-refractivity contribution in [3.8, 4) is 5.75 Å². The van der Waals surface area contributed by atoms with Gasteiger partial charge in [-0.15, -0.1) is 0 Å². The second kappa shape index (κ2) is 6.41. The largest absolute Gasteiger partial charge is 0.497 e. The first kappa shape index (κ1) is 15.1. The van der Waals surface area contributed by atoms with Gasteiger partial charge in [0.2, 0.25) is 0 Å². The number of carbonyl (C=O) groups is 1. The number of carboxylic acid groups (broad SMARTS) is 1. The molecule has 0 aromatic heterocycles. The van der Waals surface area contributed by atoms with Crippen LogP contribution in [-0.4, -0.2) is 35.1 Å². The van der Waals surface area contributed by atoms with E-state index in [0.29, 0.717) is 23.5 Å². The van der Waals surface area contributed by atoms with Crippen LogP contribution < -0.4 is 4.74 Å². The molecule has 1 heterocycles. The number of amides is 1. The van der Waals surface area contributed by atoms with Gasteiger partial charge in [0.05, 0.1) is 20.3 Å². The van der Waals surface area contributed by atoms with Crippen LogP contribution in [0.1, 0.15) is 23.8 Å². The van der Waals surface area contributed by atoms with Crippen molar-refractivity contribution in [3.63, 3.8) is 0 Å². The molecule has 1 amide bonds. The van der Waals surface area contributed by atoms with E-state index < -0.39 is 18.1 Å². The summed E-state index contributed by atoms with van der Waals surface area (Å²) in [5, 5.41) is 9.97. The van der Waals surface area contributed by atoms with Crippen LogP contribution in [0.5, 0.6) is 5.75 Å². The van der Waals surface area contributed by atoms with Gasteiger partial charge in [-0.05, 0) is 12.5 Å². The molecule has 1 aliphatic rings. The Kier molecular flexibility index (Phi) is 4.82. The average molecular weight is 348 g/mol. The zero-order valence-electron chi connectivity index (χ0n) is 10.9. The van der Waals surface area contributed by atoms with Crippen molar-refractivity contribution >= 4 is 22.0 Å². The molecule has 5 nitrogen and oxygen atoms in total. The summed E-state index contributed by atoms with van der Waals surface area (Å²) in [6.45, 7) is 0.372. The lowest BCUT2D eigenvalue weighted by Gasteiger charge is -2.22. The molecular weight excluding hydrogens is 333 g/mol. The van der Waals surface area contributed by atoms with E-state index >= 15 is 0 Å². The van der Waals surface area contributed by atoms with Gasteiger partial charge in [0.15, 0.2) is 6.23 Å². The maximum atomic E-state index is 14.0. The number of benzene rings is 1. The molecule has 1 aromatic rings. The molecule has 1 atom stereocenters. The van der Waals surface area contributed by atoms with E-state index in [2.05, 4.69) is 15.9 Å². The quantitative estimate of drug-likeness (QED) is 0.656. The van der Waals surface area contributed by atoms with Crippen molar-refractivity contribution < 1.29 is 23.8 Å². The van der Waals surface area contributed by atoms with E-state index in [4.69, 9.17) is 9.47 Å². The van der Waals surface area contributed by atoms with E-state index in [9.17, 15) is 14.3 Å². The SMILES string of the molecule is COc1cc(F)c2c(c1)C(OCCCBr)N(C(=O)O)C2. The molecule has 1 aliphatic heterocycles. The van der Waals surface area contributed by atoms with Crippen LogP contribution in [0.2, 0.25) is 0 Å². The highest BCUT2D eigenvalue weighted by molar-refractivity contribution is 9.09. The second-order valence-electron chi connectivity index (χ2n) is 4.35. The smallest absolute Gasteiger partial charge is 0.409 e. The summed E-state index contributed by atoms with van der Waals surface area (Å²) < 4.78 is 24.6. The molecule has 0 bridgehead atoms. The van der Waals surface area contributed by atoms with Crippen molar-refractivity contribution in [2.24, 2.45) is 0 Å². The number of fused-ring (bicyclic) bond motifs is 1. The van der Waals surface area contributed by atoms with Crippen molar-refractivity contribution in [3.05, 3.63) is 29.1 Å². The topological polar surface area (TPSA) is 59.0 Å². The molecule has 0 saturated carbocycles. The minimum Gasteiger partial charge on any atom is -0.497 e. The third kappa shape index (κ3) is 2.88. The van der Waals surface area contributed by atoms with Crippen LogP contribution in [0, 0.1) is 5.82 Å². The minimum atomic E-state index is -1.14. The van der Waals surface area contributed by atoms with E-state index in [1.807, 2.05) is 0 Å². The first-order valence-electron chi connectivity index (χ1n) is 6.12. The maximum absolute atomic E-state index is 14.0. The highest BCUT2D eigenvalue weighted by Gasteiger charge is 2.36. The summed E-state index contributed by atoms with van der Waals surface area (Å²) in [7, 11) is 1.44. The fourth-order valence-corrected chi connectivity index (χ4v) is 2.38. The van der Waals surface area contributed by atoms with Crippen molar-refractivity contribution in [2.75, 3.05) is 19.0 Å². The van der Waals surface area contributed by atoms with Crippen LogP contribution in [0.15, 0.2) is 12.1 Å². The van der Waals surface area contributed by atoms with Gasteiger partial charge in [0.25, 0.3) is 0 Å². The van der Waals surface area contributed by atoms with Crippen LogP contribution in [-0.2, 0) is 11.3 Å². The number of halogens is 2. The molecule has 0 spiro atoms. The Morgan fingerprint density at radius 1 is 1.60 bits per heavy atom. The Balaban J connectivity index is 2.32. The standard InChI is InChI=1S/C13H15BrFNO4/c1-19-8-5-9-10(11(15)6-8)7-16(13(17)18)12(9)20-4-2-3-14/h5-6,12H,2-4,7H2,1H3,(H,17,18). The monoisotopic (exact) mass is 347 g/mol. The Morgan fingerprint density at radius 3 is 2.95 bits per heavy atom. The summed E-state index contributed by atoms with van der Waals surface area (Å²) in [6.07, 6.45) is -1.18. The number of ether oxygens (including phenoxy) is 2. The van der Waals surface area contributed by atoms with E-state index in [0.717, 1.165) is 16.7 Å². The summed E-state index contributed by atoms with van der Waals surface area (Å²) in [6, 6.07) is 2.87. The van der Waals surface area contributed by atoms with E-state index in [1.54, 1.807) is 6.07 Å². The van der Waals surface area contributed by atoms with Gasteiger partial charge in [0, 0.05) is 22.5 Å². The molecule has 20 heavy (non-hydrogen) atoms. The highest BCUT2D eigenvalue weighted by atomic mass is 79.9. The number of methoxy groups -OCH3 is 1. The first-order chi connectivity index (χ1) is 9.58. The minimum absolute atomic E-state index is 0.0144. The number of hydrogen-bond donors (Lipinski definition) is 1. The second-order valence-corrected chi connectivity index (χ2v) is 5.15. The number of alkyl halides is 1. The number of nitrogens with zero attached hydrogens (tertiary/aromatic N) is 1. The maximum Gasteiger partial charge on any atom is 0.409 e. The fourth-order valence-electron chi connectivity index (χ4n) is 2.16. The molecule has 2 rings (SSSR count). The summed E-state index contributed by atoms with van der Waals surface area (Å²) >= 11 is 3.28. The molecular formula is C13H15BrFNO4. The van der Waals surface area contributed by atoms with Crippen LogP contribution in [0.3, 0.4) is 0 Å². The van der Waals surface area contributed by atoms with Crippen molar-refractivity contribution in [1.82, 2.24) is 4.90 Å². The first-order valence-corrected chi connectivity index (χ1v) is 7.24. The summed E-state index contributed by atoms with van der Waals surface area (Å²) in [5.74, 6) is -0.125. The lowest BCUT2D eigenvalue weighted by Crippen LogP contribution is -2.29. The Morgan fingerprint density at radius 2 is 2.35 bits per heavy atom. The molecule has 1 unspecified atom stereocenters. The lowest BCUT2D eigenvalue weighted by molar-refractivity contribution is -0.0416. The number of rotatable bonds is 5. The summed E-state index contributed by atoms with van der Waals surface area (Å²) in [4.78, 5) is 12.3. The zero-order chi connectivity index (χ0) is 14.7. The molecule has 1 N–H and O–H groups in total. The summed E-state index contributed by atoms with van der Waals surface area (Å²) in [5.41, 5.74) is 0.857. The van der Waals surface area contributed by atoms with Crippen LogP contribution in [0.25, 0.3) is 0 Å². The average Bonchev–Trinajstić information content (AvgIpc) is 2.79. The Hall–Kier alpha value is -1.34. The zero-order valence-corrected chi connectivity index (χ0v) is 12.5. The molecule has 0 fully saturated rings. The molecule has 0 radical (unpaired) electrons. The molecule has 1 aromatic carbocycles. The third-order valence-electron chi connectivity index (χ3n) is 3.12. The predicted molar refractivity (Wildman–Crippen MR) is 73.6 cm³/mol. The molecule has 110 valence electrons. The molecule has 0 aliphatic carbocycles. The van der Waals surface area contributed by atoms with Crippen LogP contribution >= 0.6 is 15.9 Å². The number of hydrogen-bond acceptors (Lipinski definition) is 3. The Bertz CT molecular complexity index is 511. The Labute approximate surface area is 124 Å². The van der Waals surface area contributed by atoms with Crippen LogP contribution in [0.4, 0.5) is 9.18 Å². The van der Waals surface area contributed by atoms with Crippen molar-refractivity contribution in [2.45, 2.75) is 19.2 Å². The fraction of sp³-hybridized carbons (Fsp3) is 0.462. The van der Waals surface area contributed by atoms with E-state index in [1.165, 1.54) is 13.2 Å². The third-order valence-corrected chi connectivity index (χ3v) is 3.68. The van der Waals surface area contributed by atoms with E-state index in [-0.39, 0.29) is 6.54 Å². The van der Waals surface area contributed by atoms with Gasteiger partial charge in [-0.1, -0.05) is 15.9 Å². The van der Waals surface area contributed by atoms with Crippen molar-refractivity contribution in [1.29, 1.82) is 0 Å². The van der Waals surface area contributed by atoms with Gasteiger partial charge >= 0.3 is 6.09 Å². The van der Waals surface area contributed by atoms with Gasteiger partial charge in [-0.2, -0.15) is 0 Å². The van der Waals surface area contributed by atoms with Gasteiger partial charge in [-0.25, -0.2) is 9.18 Å². The lowest BCUT2D eigenvalue weighted by atomic mass is 10.1.